The second-order valence-electron chi connectivity index (χ2n) is 11.2. The van der Waals surface area contributed by atoms with Crippen LogP contribution in [0.1, 0.15) is 52.7 Å². The van der Waals surface area contributed by atoms with Crippen LogP contribution in [0.5, 0.6) is 0 Å². The van der Waals surface area contributed by atoms with Crippen molar-refractivity contribution in [1.82, 2.24) is 20.0 Å². The van der Waals surface area contributed by atoms with Crippen molar-refractivity contribution in [3.8, 4) is 0 Å². The van der Waals surface area contributed by atoms with E-state index in [1.807, 2.05) is 32.2 Å². The van der Waals surface area contributed by atoms with E-state index in [0.29, 0.717) is 17.1 Å². The fourth-order valence-electron chi connectivity index (χ4n) is 5.52. The van der Waals surface area contributed by atoms with E-state index in [2.05, 4.69) is 20.6 Å². The molecule has 3 aromatic rings. The van der Waals surface area contributed by atoms with Crippen LogP contribution in [0, 0.1) is 12.8 Å². The molecule has 0 atom stereocenters. The van der Waals surface area contributed by atoms with Crippen LogP contribution in [0.25, 0.3) is 0 Å². The van der Waals surface area contributed by atoms with Crippen molar-refractivity contribution in [2.75, 3.05) is 29.9 Å². The third-order valence-corrected chi connectivity index (χ3v) is 8.38. The van der Waals surface area contributed by atoms with Gasteiger partial charge >= 0.3 is 6.09 Å². The topological polar surface area (TPSA) is 91.7 Å². The molecule has 1 saturated carbocycles. The number of halogens is 1. The Hall–Kier alpha value is -3.56. The van der Waals surface area contributed by atoms with Gasteiger partial charge in [0.25, 0.3) is 5.91 Å². The lowest BCUT2D eigenvalue weighted by Crippen LogP contribution is -2.40. The smallest absolute Gasteiger partial charge is 0.407 e. The van der Waals surface area contributed by atoms with E-state index in [0.717, 1.165) is 65.7 Å². The maximum atomic E-state index is 13.8. The van der Waals surface area contributed by atoms with Gasteiger partial charge in [-0.15, -0.1) is 0 Å². The zero-order chi connectivity index (χ0) is 27.8. The summed E-state index contributed by atoms with van der Waals surface area (Å²) in [5.41, 5.74) is 4.82. The number of hydrogen-bond acceptors (Lipinski definition) is 6. The van der Waals surface area contributed by atoms with Crippen molar-refractivity contribution in [1.29, 1.82) is 0 Å². The summed E-state index contributed by atoms with van der Waals surface area (Å²) in [6.45, 7) is 5.76. The number of alkyl carbamates (subject to hydrolysis) is 1. The summed E-state index contributed by atoms with van der Waals surface area (Å²) in [6, 6.07) is 11.2. The third kappa shape index (κ3) is 5.81. The highest BCUT2D eigenvalue weighted by molar-refractivity contribution is 6.32. The first-order chi connectivity index (χ1) is 19.3. The largest absolute Gasteiger partial charge is 0.446 e. The minimum atomic E-state index is -0.437. The highest BCUT2D eigenvalue weighted by Gasteiger charge is 2.29. The molecule has 1 aliphatic carbocycles. The first-order valence-corrected chi connectivity index (χ1v) is 14.4. The molecule has 9 nitrogen and oxygen atoms in total. The first kappa shape index (κ1) is 26.7. The summed E-state index contributed by atoms with van der Waals surface area (Å²) in [6.07, 6.45) is 5.73. The van der Waals surface area contributed by atoms with Gasteiger partial charge in [0.2, 0.25) is 0 Å². The number of anilines is 3. The quantitative estimate of drug-likeness (QED) is 0.419. The number of nitrogens with zero attached hydrogens (tertiary/aromatic N) is 4. The molecule has 1 saturated heterocycles. The molecule has 0 spiro atoms. The van der Waals surface area contributed by atoms with Gasteiger partial charge in [-0.1, -0.05) is 23.7 Å². The molecule has 2 fully saturated rings. The van der Waals surface area contributed by atoms with E-state index in [9.17, 15) is 9.59 Å². The van der Waals surface area contributed by atoms with Gasteiger partial charge in [0, 0.05) is 49.4 Å². The molecule has 10 heteroatoms. The van der Waals surface area contributed by atoms with Crippen LogP contribution < -0.4 is 15.5 Å². The number of nitrogens with one attached hydrogen (secondary N) is 2. The van der Waals surface area contributed by atoms with E-state index >= 15 is 0 Å². The van der Waals surface area contributed by atoms with Gasteiger partial charge in [0.05, 0.1) is 24.1 Å². The predicted octanol–water partition coefficient (Wildman–Crippen LogP) is 5.39. The number of benzene rings is 2. The van der Waals surface area contributed by atoms with E-state index < -0.39 is 6.09 Å². The molecule has 2 amide bonds. The van der Waals surface area contributed by atoms with Crippen molar-refractivity contribution < 1.29 is 14.3 Å². The van der Waals surface area contributed by atoms with Gasteiger partial charge in [-0.2, -0.15) is 5.10 Å². The summed E-state index contributed by atoms with van der Waals surface area (Å²) in [5.74, 6) is 1.57. The number of hydrogen-bond donors (Lipinski definition) is 2. The number of piperidine rings is 1. The van der Waals surface area contributed by atoms with Crippen molar-refractivity contribution in [3.63, 3.8) is 0 Å². The lowest BCUT2D eigenvalue weighted by atomic mass is 10.1. The number of likely N-dealkylation sites (tertiary alicyclic amines) is 1. The number of carbonyl (C=O) groups is 2. The first-order valence-electron chi connectivity index (χ1n) is 14.0. The predicted molar refractivity (Wildman–Crippen MR) is 155 cm³/mol. The molecule has 2 aliphatic heterocycles. The van der Waals surface area contributed by atoms with Crippen LogP contribution in [0.2, 0.25) is 5.02 Å². The van der Waals surface area contributed by atoms with Crippen LogP contribution in [-0.2, 0) is 24.9 Å². The Bertz CT molecular complexity index is 1430. The molecule has 1 aromatic heterocycles. The molecule has 2 N–H and O–H groups in total. The van der Waals surface area contributed by atoms with E-state index in [-0.39, 0.29) is 18.6 Å². The lowest BCUT2D eigenvalue weighted by molar-refractivity contribution is 0.0493. The molecule has 0 bridgehead atoms. The van der Waals surface area contributed by atoms with Gasteiger partial charge in [-0.3, -0.25) is 9.48 Å². The Morgan fingerprint density at radius 1 is 1.12 bits per heavy atom. The fourth-order valence-corrected chi connectivity index (χ4v) is 5.77. The SMILES string of the molecule is Cc1ccc2c(c1)Nc1c(cnn1C)CN2C(=O)c1ccc(CNC(=O)OC2CCN(CC3CC3)CC2)c(Cl)c1. The summed E-state index contributed by atoms with van der Waals surface area (Å²) < 4.78 is 7.43. The molecular formula is C30H35ClN6O3. The number of aryl methyl sites for hydroxylation is 2. The maximum absolute atomic E-state index is 13.8. The monoisotopic (exact) mass is 562 g/mol. The number of aromatic nitrogens is 2. The summed E-state index contributed by atoms with van der Waals surface area (Å²) >= 11 is 6.59. The van der Waals surface area contributed by atoms with Crippen LogP contribution >= 0.6 is 11.6 Å². The Morgan fingerprint density at radius 3 is 2.67 bits per heavy atom. The van der Waals surface area contributed by atoms with Crippen LogP contribution in [0.15, 0.2) is 42.6 Å². The number of amides is 2. The van der Waals surface area contributed by atoms with Gasteiger partial charge in [0.15, 0.2) is 0 Å². The normalized spacial score (nSPS) is 17.4. The third-order valence-electron chi connectivity index (χ3n) is 8.03. The number of ether oxygens (including phenoxy) is 1. The van der Waals surface area contributed by atoms with Gasteiger partial charge in [-0.05, 0) is 73.9 Å². The highest BCUT2D eigenvalue weighted by atomic mass is 35.5. The van der Waals surface area contributed by atoms with Gasteiger partial charge in [-0.25, -0.2) is 4.79 Å². The molecule has 3 heterocycles. The minimum absolute atomic E-state index is 0.0546. The highest BCUT2D eigenvalue weighted by Crippen LogP contribution is 2.37. The average Bonchev–Trinajstić information content (AvgIpc) is 3.72. The number of rotatable bonds is 6. The minimum Gasteiger partial charge on any atom is -0.446 e. The lowest BCUT2D eigenvalue weighted by Gasteiger charge is -2.31. The van der Waals surface area contributed by atoms with Gasteiger partial charge in [0.1, 0.15) is 11.9 Å². The summed E-state index contributed by atoms with van der Waals surface area (Å²) in [4.78, 5) is 30.5. The maximum Gasteiger partial charge on any atom is 0.407 e. The summed E-state index contributed by atoms with van der Waals surface area (Å²) in [7, 11) is 1.87. The molecule has 0 radical (unpaired) electrons. The van der Waals surface area contributed by atoms with Crippen LogP contribution in [0.3, 0.4) is 0 Å². The second-order valence-corrected chi connectivity index (χ2v) is 11.6. The van der Waals surface area contributed by atoms with E-state index in [1.165, 1.54) is 19.4 Å². The van der Waals surface area contributed by atoms with Crippen LogP contribution in [0.4, 0.5) is 22.0 Å². The van der Waals surface area contributed by atoms with Crippen molar-refractivity contribution in [2.24, 2.45) is 13.0 Å². The molecule has 3 aliphatic rings. The zero-order valence-electron chi connectivity index (χ0n) is 23.0. The standard InChI is InChI=1S/C30H35ClN6O3/c1-19-3-8-27-26(13-19)34-28-23(16-33-35(28)2)18-37(27)29(38)21-6-7-22(25(31)14-21)15-32-30(39)40-24-9-11-36(12-10-24)17-20-4-5-20/h3,6-8,13-14,16,20,24,34H,4-5,9-12,15,17-18H2,1-2H3,(H,32,39). The molecule has 40 heavy (non-hydrogen) atoms. The number of carbonyl (C=O) groups excluding carboxylic acids is 2. The molecule has 2 aromatic carbocycles. The van der Waals surface area contributed by atoms with Gasteiger partial charge < -0.3 is 25.2 Å². The average molecular weight is 563 g/mol. The second kappa shape index (κ2) is 11.1. The number of fused-ring (bicyclic) bond motifs is 2. The molecule has 210 valence electrons. The van der Waals surface area contributed by atoms with E-state index in [4.69, 9.17) is 16.3 Å². The Labute approximate surface area is 239 Å². The zero-order valence-corrected chi connectivity index (χ0v) is 23.7. The summed E-state index contributed by atoms with van der Waals surface area (Å²) in [5, 5.41) is 11.0. The Morgan fingerprint density at radius 2 is 1.93 bits per heavy atom. The van der Waals surface area contributed by atoms with E-state index in [1.54, 1.807) is 34.0 Å². The van der Waals surface area contributed by atoms with Crippen molar-refractivity contribution in [2.45, 2.75) is 51.8 Å². The van der Waals surface area contributed by atoms with Crippen LogP contribution in [-0.4, -0.2) is 52.4 Å². The molecular weight excluding hydrogens is 528 g/mol. The fraction of sp³-hybridized carbons (Fsp3) is 0.433. The molecule has 6 rings (SSSR count). The Kier molecular flexibility index (Phi) is 7.42. The molecule has 0 unspecified atom stereocenters. The Balaban J connectivity index is 1.09. The van der Waals surface area contributed by atoms with Crippen molar-refractivity contribution in [3.05, 3.63) is 69.9 Å². The van der Waals surface area contributed by atoms with Crippen molar-refractivity contribution >= 4 is 40.8 Å².